The van der Waals surface area contributed by atoms with Gasteiger partial charge in [-0.3, -0.25) is 0 Å². The summed E-state index contributed by atoms with van der Waals surface area (Å²) in [5, 5.41) is 13.0. The largest absolute Gasteiger partial charge is 0.548 e. The number of nitrogens with one attached hydrogen (secondary N) is 1. The lowest BCUT2D eigenvalue weighted by atomic mass is 10.1. The minimum absolute atomic E-state index is 0.0524. The van der Waals surface area contributed by atoms with E-state index in [1.54, 1.807) is 32.0 Å². The molecule has 0 saturated carbocycles. The molecule has 0 aliphatic carbocycles. The van der Waals surface area contributed by atoms with Gasteiger partial charge in [-0.15, -0.1) is 0 Å². The highest BCUT2D eigenvalue weighted by Crippen LogP contribution is 2.32. The zero-order valence-corrected chi connectivity index (χ0v) is 13.4. The highest BCUT2D eigenvalue weighted by molar-refractivity contribution is 7.95. The molecule has 1 heterocycles. The van der Waals surface area contributed by atoms with Crippen molar-refractivity contribution in [3.63, 3.8) is 0 Å². The third-order valence-corrected chi connectivity index (χ3v) is 5.29. The summed E-state index contributed by atoms with van der Waals surface area (Å²) in [4.78, 5) is 22.7. The number of ether oxygens (including phenoxy) is 1. The smallest absolute Gasteiger partial charge is 0.408 e. The molecule has 0 saturated heterocycles. The number of carboxylic acids is 1. The van der Waals surface area contributed by atoms with Crippen molar-refractivity contribution in [2.24, 2.45) is 5.92 Å². The Balaban J connectivity index is 2.03. The van der Waals surface area contributed by atoms with Crippen molar-refractivity contribution in [1.29, 1.82) is 0 Å². The van der Waals surface area contributed by atoms with Crippen LogP contribution in [0.15, 0.2) is 34.1 Å². The van der Waals surface area contributed by atoms with Crippen LogP contribution in [-0.2, 0) is 19.4 Å². The lowest BCUT2D eigenvalue weighted by Crippen LogP contribution is -2.51. The molecule has 0 radical (unpaired) electrons. The molecule has 1 N–H and O–H groups in total. The number of fused-ring (bicyclic) bond motifs is 1. The average Bonchev–Trinajstić information content (AvgIpc) is 2.73. The van der Waals surface area contributed by atoms with Gasteiger partial charge in [0, 0.05) is 0 Å². The molecule has 23 heavy (non-hydrogen) atoms. The molecule has 7 nitrogen and oxygen atoms in total. The average molecular weight is 338 g/mol. The van der Waals surface area contributed by atoms with Crippen molar-refractivity contribution in [3.8, 4) is 0 Å². The molecule has 2 rings (SSSR count). The first-order valence-corrected chi connectivity index (χ1v) is 8.40. The van der Waals surface area contributed by atoms with Gasteiger partial charge in [-0.2, -0.15) is 0 Å². The number of aliphatic carboxylic acids is 1. The molecule has 0 spiro atoms. The van der Waals surface area contributed by atoms with E-state index in [2.05, 4.69) is 5.32 Å². The molecule has 0 aromatic heterocycles. The number of sulfone groups is 1. The lowest BCUT2D eigenvalue weighted by molar-refractivity contribution is -0.309. The van der Waals surface area contributed by atoms with Crippen LogP contribution in [0.1, 0.15) is 19.4 Å². The quantitative estimate of drug-likeness (QED) is 0.827. The van der Waals surface area contributed by atoms with Crippen LogP contribution in [0.3, 0.4) is 0 Å². The molecule has 1 aliphatic heterocycles. The number of carboxylic acid groups (broad SMARTS) is 1. The van der Waals surface area contributed by atoms with Crippen LogP contribution in [0.5, 0.6) is 0 Å². The van der Waals surface area contributed by atoms with Gasteiger partial charge in [-0.05, 0) is 23.6 Å². The zero-order chi connectivity index (χ0) is 17.2. The van der Waals surface area contributed by atoms with E-state index in [4.69, 9.17) is 4.74 Å². The third kappa shape index (κ3) is 3.53. The zero-order valence-electron chi connectivity index (χ0n) is 12.6. The van der Waals surface area contributed by atoms with Gasteiger partial charge in [-0.1, -0.05) is 32.0 Å². The predicted octanol–water partition coefficient (Wildman–Crippen LogP) is 0.315. The van der Waals surface area contributed by atoms with Gasteiger partial charge in [0.15, 0.2) is 0 Å². The van der Waals surface area contributed by atoms with Crippen LogP contribution in [0.2, 0.25) is 0 Å². The van der Waals surface area contributed by atoms with Gasteiger partial charge in [0.25, 0.3) is 0 Å². The fourth-order valence-corrected chi connectivity index (χ4v) is 3.63. The Morgan fingerprint density at radius 1 is 1.26 bits per heavy atom. The number of rotatable bonds is 5. The van der Waals surface area contributed by atoms with E-state index in [9.17, 15) is 23.1 Å². The van der Waals surface area contributed by atoms with E-state index < -0.39 is 40.5 Å². The Morgan fingerprint density at radius 2 is 1.91 bits per heavy atom. The monoisotopic (exact) mass is 338 g/mol. The van der Waals surface area contributed by atoms with Crippen molar-refractivity contribution < 1.29 is 27.9 Å². The van der Waals surface area contributed by atoms with E-state index in [-0.39, 0.29) is 9.80 Å². The molecular weight excluding hydrogens is 322 g/mol. The standard InChI is InChI=1S/C15H17NO6S/c1-9(2)13(14(17)18)16-15(19)22-8-11-7-10-5-3-4-6-12(10)23(11,20)21/h3-7,9,13H,8H2,1-2H3,(H,16,19)(H,17,18)/p-1/t13-/m0/s1. The number of amides is 1. The first-order valence-electron chi connectivity index (χ1n) is 6.92. The fraction of sp³-hybridized carbons (Fsp3) is 0.333. The Bertz CT molecular complexity index is 766. The Morgan fingerprint density at radius 3 is 2.48 bits per heavy atom. The number of benzene rings is 1. The maximum absolute atomic E-state index is 12.3. The summed E-state index contributed by atoms with van der Waals surface area (Å²) in [5.41, 5.74) is 0.529. The van der Waals surface area contributed by atoms with Gasteiger partial charge in [0.2, 0.25) is 9.84 Å². The van der Waals surface area contributed by atoms with Crippen LogP contribution >= 0.6 is 0 Å². The second kappa shape index (κ2) is 6.41. The van der Waals surface area contributed by atoms with E-state index in [1.807, 2.05) is 0 Å². The number of alkyl carbamates (subject to hydrolysis) is 1. The summed E-state index contributed by atoms with van der Waals surface area (Å²) in [6.07, 6.45) is 0.413. The normalized spacial score (nSPS) is 16.4. The van der Waals surface area contributed by atoms with Crippen molar-refractivity contribution in [1.82, 2.24) is 5.32 Å². The first kappa shape index (κ1) is 17.0. The predicted molar refractivity (Wildman–Crippen MR) is 79.7 cm³/mol. The third-order valence-electron chi connectivity index (χ3n) is 3.41. The molecule has 0 bridgehead atoms. The van der Waals surface area contributed by atoms with Crippen molar-refractivity contribution in [3.05, 3.63) is 34.7 Å². The van der Waals surface area contributed by atoms with Crippen LogP contribution < -0.4 is 10.4 Å². The van der Waals surface area contributed by atoms with E-state index in [0.29, 0.717) is 5.56 Å². The van der Waals surface area contributed by atoms with Gasteiger partial charge in [0.05, 0.1) is 21.8 Å². The molecule has 1 aromatic carbocycles. The Kier molecular flexibility index (Phi) is 4.74. The van der Waals surface area contributed by atoms with Gasteiger partial charge >= 0.3 is 6.09 Å². The number of hydrogen-bond donors (Lipinski definition) is 1. The summed E-state index contributed by atoms with van der Waals surface area (Å²) in [6.45, 7) is 2.73. The maximum Gasteiger partial charge on any atom is 0.408 e. The van der Waals surface area contributed by atoms with E-state index in [0.717, 1.165) is 0 Å². The molecule has 0 fully saturated rings. The molecule has 1 aliphatic rings. The molecular formula is C15H16NO6S-. The van der Waals surface area contributed by atoms with Crippen LogP contribution in [0.4, 0.5) is 4.79 Å². The van der Waals surface area contributed by atoms with Crippen LogP contribution in [0.25, 0.3) is 6.08 Å². The van der Waals surface area contributed by atoms with Crippen LogP contribution in [-0.4, -0.2) is 33.1 Å². The number of hydrogen-bond acceptors (Lipinski definition) is 6. The maximum atomic E-state index is 12.3. The topological polar surface area (TPSA) is 113 Å². The summed E-state index contributed by atoms with van der Waals surface area (Å²) >= 11 is 0. The first-order chi connectivity index (χ1) is 10.7. The molecule has 1 amide bonds. The lowest BCUT2D eigenvalue weighted by Gasteiger charge is -2.22. The second-order valence-corrected chi connectivity index (χ2v) is 7.38. The Labute approximate surface area is 133 Å². The molecule has 124 valence electrons. The van der Waals surface area contributed by atoms with Gasteiger partial charge in [-0.25, -0.2) is 13.2 Å². The molecule has 1 aromatic rings. The number of carbonyl (C=O) groups excluding carboxylic acids is 2. The van der Waals surface area contributed by atoms with Crippen LogP contribution in [0, 0.1) is 5.92 Å². The number of carbonyl (C=O) groups is 2. The van der Waals surface area contributed by atoms with Gasteiger partial charge in [0.1, 0.15) is 6.61 Å². The van der Waals surface area contributed by atoms with Crippen molar-refractivity contribution in [2.45, 2.75) is 24.8 Å². The highest BCUT2D eigenvalue weighted by Gasteiger charge is 2.30. The van der Waals surface area contributed by atoms with Crippen molar-refractivity contribution >= 4 is 28.0 Å². The summed E-state index contributed by atoms with van der Waals surface area (Å²) < 4.78 is 29.3. The highest BCUT2D eigenvalue weighted by atomic mass is 32.2. The van der Waals surface area contributed by atoms with E-state index >= 15 is 0 Å². The minimum atomic E-state index is -3.68. The minimum Gasteiger partial charge on any atom is -0.548 e. The van der Waals surface area contributed by atoms with Gasteiger partial charge < -0.3 is 20.0 Å². The van der Waals surface area contributed by atoms with Crippen molar-refractivity contribution in [2.75, 3.05) is 6.61 Å². The summed E-state index contributed by atoms with van der Waals surface area (Å²) in [7, 11) is -3.68. The second-order valence-electron chi connectivity index (χ2n) is 5.41. The molecule has 8 heteroatoms. The SMILES string of the molecule is CC(C)[C@H](NC(=O)OCC1=Cc2ccccc2S1(=O)=O)C(=O)[O-]. The summed E-state index contributed by atoms with van der Waals surface area (Å²) in [5.74, 6) is -1.83. The molecule has 0 unspecified atom stereocenters. The fourth-order valence-electron chi connectivity index (χ4n) is 2.16. The Hall–Kier alpha value is -2.35. The molecule has 1 atom stereocenters. The summed E-state index contributed by atoms with van der Waals surface area (Å²) in [6, 6.07) is 5.21. The van der Waals surface area contributed by atoms with E-state index in [1.165, 1.54) is 12.1 Å².